The molecule has 14 heavy (non-hydrogen) atoms. The van der Waals surface area contributed by atoms with Crippen LogP contribution in [0.1, 0.15) is 12.8 Å². The van der Waals surface area contributed by atoms with Crippen molar-refractivity contribution in [2.24, 2.45) is 0 Å². The van der Waals surface area contributed by atoms with E-state index >= 15 is 0 Å². The first-order valence-electron chi connectivity index (χ1n) is 4.41. The van der Waals surface area contributed by atoms with Gasteiger partial charge in [0.25, 0.3) is 0 Å². The Labute approximate surface area is 96.8 Å². The zero-order chi connectivity index (χ0) is 9.84. The fraction of sp³-hybridized carbons (Fsp3) is 0.500. The largest absolute Gasteiger partial charge is 1.00 e. The first kappa shape index (κ1) is 13.5. The highest BCUT2D eigenvalue weighted by atomic mass is 35.5. The van der Waals surface area contributed by atoms with E-state index < -0.39 is 0 Å². The summed E-state index contributed by atoms with van der Waals surface area (Å²) in [6.07, 6.45) is 6.14. The molecular weight excluding hydrogens is 219 g/mol. The van der Waals surface area contributed by atoms with Crippen LogP contribution >= 0.6 is 11.6 Å². The first-order valence-corrected chi connectivity index (χ1v) is 4.79. The van der Waals surface area contributed by atoms with E-state index in [0.29, 0.717) is 0 Å². The minimum absolute atomic E-state index is 0. The van der Waals surface area contributed by atoms with Crippen molar-refractivity contribution in [1.29, 1.82) is 0 Å². The number of hydrogen-bond donors (Lipinski definition) is 1. The highest BCUT2D eigenvalue weighted by molar-refractivity contribution is 6.34. The van der Waals surface area contributed by atoms with Gasteiger partial charge < -0.3 is 17.3 Å². The second-order valence-corrected chi connectivity index (χ2v) is 3.77. The molecule has 0 heterocycles. The third kappa shape index (κ3) is 3.35. The second kappa shape index (κ2) is 6.10. The zero-order valence-corrected chi connectivity index (χ0v) is 10.3. The van der Waals surface area contributed by atoms with Crippen LogP contribution in [0.25, 0.3) is 0 Å². The highest BCUT2D eigenvalue weighted by Crippen LogP contribution is 2.32. The van der Waals surface area contributed by atoms with E-state index in [1.165, 1.54) is 11.1 Å². The molecule has 0 bridgehead atoms. The van der Waals surface area contributed by atoms with Crippen LogP contribution in [0.4, 0.5) is 0 Å². The predicted molar refractivity (Wildman–Crippen MR) is 56.8 cm³/mol. The lowest BCUT2D eigenvalue weighted by Gasteiger charge is -2.06. The molecule has 0 atom stereocenters. The summed E-state index contributed by atoms with van der Waals surface area (Å²) in [6.45, 7) is 0. The maximum absolute atomic E-state index is 6.18. The third-order valence-electron chi connectivity index (χ3n) is 1.96. The van der Waals surface area contributed by atoms with Crippen molar-refractivity contribution in [2.45, 2.75) is 12.8 Å². The first-order chi connectivity index (χ1) is 6.15. The van der Waals surface area contributed by atoms with Gasteiger partial charge in [-0.3, -0.25) is 4.99 Å². The summed E-state index contributed by atoms with van der Waals surface area (Å²) in [6, 6.07) is 0. The van der Waals surface area contributed by atoms with Gasteiger partial charge in [-0.05, 0) is 18.4 Å². The normalized spacial score (nSPS) is 19.3. The van der Waals surface area contributed by atoms with Crippen LogP contribution in [0, 0.1) is 0 Å². The minimum atomic E-state index is 0. The Morgan fingerprint density at radius 1 is 1.36 bits per heavy atom. The molecule has 0 unspecified atom stereocenters. The lowest BCUT2D eigenvalue weighted by molar-refractivity contribution is -0.413. The van der Waals surface area contributed by atoms with Crippen LogP contribution in [0.2, 0.25) is 0 Å². The standard InChI is InChI=1S/C10H15ClN2.ClH/c1-12-6-8-4-5-9(10(8)11)7-13(2)3;/h6-7H,4-5H2,1-3H3;1H. The van der Waals surface area contributed by atoms with Crippen molar-refractivity contribution in [2.75, 3.05) is 21.1 Å². The number of halogens is 2. The summed E-state index contributed by atoms with van der Waals surface area (Å²) in [5.74, 6) is 0. The molecule has 0 aromatic carbocycles. The van der Waals surface area contributed by atoms with Gasteiger partial charge in [-0.1, -0.05) is 11.6 Å². The second-order valence-electron chi connectivity index (χ2n) is 3.39. The molecule has 4 heteroatoms. The van der Waals surface area contributed by atoms with Crippen molar-refractivity contribution in [3.8, 4) is 0 Å². The van der Waals surface area contributed by atoms with Gasteiger partial charge in [-0.25, -0.2) is 0 Å². The molecule has 0 saturated carbocycles. The monoisotopic (exact) mass is 234 g/mol. The molecule has 80 valence electrons. The molecule has 0 saturated heterocycles. The number of nitrogens with one attached hydrogen (secondary N) is 1. The molecular formula is C10H16Cl2N2. The summed E-state index contributed by atoms with van der Waals surface area (Å²) < 4.78 is 0. The third-order valence-corrected chi connectivity index (χ3v) is 2.45. The van der Waals surface area contributed by atoms with Crippen molar-refractivity contribution in [1.82, 2.24) is 4.90 Å². The summed E-state index contributed by atoms with van der Waals surface area (Å²) in [5.41, 5.74) is 2.44. The number of nitrogens with zero attached hydrogens (tertiary/aromatic N) is 1. The SMILES string of the molecule is C[NH+]=CC1=C(Cl)C(=CN(C)C)CC1.[Cl-]. The van der Waals surface area contributed by atoms with Crippen LogP contribution in [-0.2, 0) is 0 Å². The number of hydrogen-bond acceptors (Lipinski definition) is 1. The summed E-state index contributed by atoms with van der Waals surface area (Å²) in [7, 11) is 5.92. The predicted octanol–water partition coefficient (Wildman–Crippen LogP) is -2.50. The fourth-order valence-electron chi connectivity index (χ4n) is 1.44. The highest BCUT2D eigenvalue weighted by Gasteiger charge is 2.18. The van der Waals surface area contributed by atoms with E-state index in [1.54, 1.807) is 0 Å². The topological polar surface area (TPSA) is 17.2 Å². The quantitative estimate of drug-likeness (QED) is 0.524. The Morgan fingerprint density at radius 2 is 2.00 bits per heavy atom. The molecule has 1 aliphatic rings. The maximum Gasteiger partial charge on any atom is 0.166 e. The van der Waals surface area contributed by atoms with Crippen LogP contribution in [-0.4, -0.2) is 32.3 Å². The average Bonchev–Trinajstić information content (AvgIpc) is 2.36. The lowest BCUT2D eigenvalue weighted by Crippen LogP contribution is -3.00. The molecule has 0 amide bonds. The van der Waals surface area contributed by atoms with E-state index in [1.807, 2.05) is 32.3 Å². The molecule has 1 rings (SSSR count). The van der Waals surface area contributed by atoms with Crippen LogP contribution in [0.3, 0.4) is 0 Å². The van der Waals surface area contributed by atoms with Crippen molar-refractivity contribution >= 4 is 17.8 Å². The van der Waals surface area contributed by atoms with Gasteiger partial charge in [0.2, 0.25) is 0 Å². The Hall–Kier alpha value is -0.470. The molecule has 0 aliphatic heterocycles. The number of allylic oxidation sites excluding steroid dienone is 3. The number of rotatable bonds is 2. The molecule has 0 radical (unpaired) electrons. The molecule has 0 spiro atoms. The van der Waals surface area contributed by atoms with Crippen LogP contribution < -0.4 is 17.4 Å². The molecule has 0 aromatic rings. The Balaban J connectivity index is 0.00000169. The van der Waals surface area contributed by atoms with E-state index in [2.05, 4.69) is 11.2 Å². The zero-order valence-electron chi connectivity index (χ0n) is 8.77. The lowest BCUT2D eigenvalue weighted by atomic mass is 10.2. The van der Waals surface area contributed by atoms with Gasteiger partial charge in [0.15, 0.2) is 6.21 Å². The molecule has 0 fully saturated rings. The van der Waals surface area contributed by atoms with E-state index in [9.17, 15) is 0 Å². The average molecular weight is 235 g/mol. The van der Waals surface area contributed by atoms with Crippen LogP contribution in [0.15, 0.2) is 22.4 Å². The van der Waals surface area contributed by atoms with Gasteiger partial charge in [-0.2, -0.15) is 0 Å². The Kier molecular flexibility index (Phi) is 5.89. The fourth-order valence-corrected chi connectivity index (χ4v) is 1.73. The van der Waals surface area contributed by atoms with E-state index in [0.717, 1.165) is 17.9 Å². The molecule has 2 nitrogen and oxygen atoms in total. The summed E-state index contributed by atoms with van der Waals surface area (Å²) in [4.78, 5) is 5.03. The molecule has 0 aromatic heterocycles. The van der Waals surface area contributed by atoms with Crippen molar-refractivity contribution < 1.29 is 17.4 Å². The molecule has 1 aliphatic carbocycles. The van der Waals surface area contributed by atoms with Gasteiger partial charge >= 0.3 is 0 Å². The summed E-state index contributed by atoms with van der Waals surface area (Å²) >= 11 is 6.18. The van der Waals surface area contributed by atoms with Crippen molar-refractivity contribution in [3.05, 3.63) is 22.4 Å². The van der Waals surface area contributed by atoms with Gasteiger partial charge in [0.1, 0.15) is 7.05 Å². The Bertz CT molecular complexity index is 278. The maximum atomic E-state index is 6.18. The minimum Gasteiger partial charge on any atom is -1.00 e. The van der Waals surface area contributed by atoms with Crippen LogP contribution in [0.5, 0.6) is 0 Å². The Morgan fingerprint density at radius 3 is 2.50 bits per heavy atom. The van der Waals surface area contributed by atoms with Gasteiger partial charge in [0.05, 0.1) is 5.03 Å². The van der Waals surface area contributed by atoms with E-state index in [-0.39, 0.29) is 12.4 Å². The smallest absolute Gasteiger partial charge is 0.166 e. The van der Waals surface area contributed by atoms with Gasteiger partial charge in [-0.15, -0.1) is 0 Å². The van der Waals surface area contributed by atoms with Crippen molar-refractivity contribution in [3.63, 3.8) is 0 Å². The van der Waals surface area contributed by atoms with Gasteiger partial charge in [0, 0.05) is 25.9 Å². The summed E-state index contributed by atoms with van der Waals surface area (Å²) in [5, 5.41) is 0.906. The van der Waals surface area contributed by atoms with E-state index in [4.69, 9.17) is 11.6 Å². The molecule has 1 N–H and O–H groups in total.